The van der Waals surface area contributed by atoms with Gasteiger partial charge in [0.25, 0.3) is 0 Å². The molecule has 0 aromatic rings. The summed E-state index contributed by atoms with van der Waals surface area (Å²) in [5.74, 6) is 0. The van der Waals surface area contributed by atoms with Gasteiger partial charge in [-0.1, -0.05) is 90.9 Å². The SMILES string of the molecule is CCCCCCCCCCCC[C@H](CCCC)NC. The second-order valence-corrected chi connectivity index (χ2v) is 6.10. The van der Waals surface area contributed by atoms with Crippen LogP contribution in [-0.4, -0.2) is 13.1 Å². The second-order valence-electron chi connectivity index (χ2n) is 6.10. The van der Waals surface area contributed by atoms with E-state index in [-0.39, 0.29) is 0 Å². The first-order valence-corrected chi connectivity index (χ1v) is 9.02. The summed E-state index contributed by atoms with van der Waals surface area (Å²) in [6.45, 7) is 4.58. The van der Waals surface area contributed by atoms with E-state index in [0.717, 1.165) is 6.04 Å². The van der Waals surface area contributed by atoms with Gasteiger partial charge in [0.05, 0.1) is 0 Å². The molecule has 0 aromatic heterocycles. The molecule has 1 heteroatoms. The molecule has 0 amide bonds. The Labute approximate surface area is 122 Å². The van der Waals surface area contributed by atoms with E-state index in [1.807, 2.05) is 0 Å². The third-order valence-electron chi connectivity index (χ3n) is 4.22. The van der Waals surface area contributed by atoms with Crippen molar-refractivity contribution in [3.05, 3.63) is 0 Å². The first kappa shape index (κ1) is 19.0. The van der Waals surface area contributed by atoms with Gasteiger partial charge in [-0.05, 0) is 19.9 Å². The van der Waals surface area contributed by atoms with Crippen molar-refractivity contribution < 1.29 is 0 Å². The van der Waals surface area contributed by atoms with Crippen molar-refractivity contribution in [2.24, 2.45) is 0 Å². The third kappa shape index (κ3) is 14.2. The van der Waals surface area contributed by atoms with Gasteiger partial charge in [-0.25, -0.2) is 0 Å². The minimum atomic E-state index is 0.772. The molecule has 0 radical (unpaired) electrons. The summed E-state index contributed by atoms with van der Waals surface area (Å²) in [4.78, 5) is 0. The molecule has 0 rings (SSSR count). The quantitative estimate of drug-likeness (QED) is 0.355. The summed E-state index contributed by atoms with van der Waals surface area (Å²) < 4.78 is 0. The molecule has 1 N–H and O–H groups in total. The molecule has 0 aliphatic rings. The minimum absolute atomic E-state index is 0.772. The van der Waals surface area contributed by atoms with Crippen molar-refractivity contribution in [2.75, 3.05) is 7.05 Å². The molecule has 0 aliphatic heterocycles. The van der Waals surface area contributed by atoms with Gasteiger partial charge in [0, 0.05) is 6.04 Å². The molecule has 0 saturated heterocycles. The van der Waals surface area contributed by atoms with E-state index in [1.54, 1.807) is 0 Å². The third-order valence-corrected chi connectivity index (χ3v) is 4.22. The molecule has 0 heterocycles. The predicted octanol–water partition coefficient (Wildman–Crippen LogP) is 6.08. The highest BCUT2D eigenvalue weighted by Crippen LogP contribution is 2.13. The fourth-order valence-electron chi connectivity index (χ4n) is 2.76. The van der Waals surface area contributed by atoms with Crippen LogP contribution in [0.3, 0.4) is 0 Å². The number of hydrogen-bond acceptors (Lipinski definition) is 1. The Bertz CT molecular complexity index is 156. The summed E-state index contributed by atoms with van der Waals surface area (Å²) in [5, 5.41) is 3.47. The van der Waals surface area contributed by atoms with Crippen LogP contribution in [0, 0.1) is 0 Å². The molecule has 0 unspecified atom stereocenters. The largest absolute Gasteiger partial charge is 0.317 e. The van der Waals surface area contributed by atoms with Crippen LogP contribution in [0.25, 0.3) is 0 Å². The van der Waals surface area contributed by atoms with Crippen LogP contribution in [0.5, 0.6) is 0 Å². The number of unbranched alkanes of at least 4 members (excludes halogenated alkanes) is 10. The van der Waals surface area contributed by atoms with E-state index in [4.69, 9.17) is 0 Å². The maximum absolute atomic E-state index is 3.47. The van der Waals surface area contributed by atoms with Gasteiger partial charge >= 0.3 is 0 Å². The lowest BCUT2D eigenvalue weighted by Crippen LogP contribution is -2.24. The molecule has 0 bridgehead atoms. The van der Waals surface area contributed by atoms with Crippen molar-refractivity contribution in [3.8, 4) is 0 Å². The normalized spacial score (nSPS) is 12.8. The lowest BCUT2D eigenvalue weighted by molar-refractivity contribution is 0.444. The van der Waals surface area contributed by atoms with Gasteiger partial charge in [-0.15, -0.1) is 0 Å². The van der Waals surface area contributed by atoms with Crippen LogP contribution < -0.4 is 5.32 Å². The molecule has 1 atom stereocenters. The van der Waals surface area contributed by atoms with Crippen LogP contribution in [-0.2, 0) is 0 Å². The Hall–Kier alpha value is -0.0400. The molecular weight excluding hydrogens is 230 g/mol. The molecule has 116 valence electrons. The lowest BCUT2D eigenvalue weighted by Gasteiger charge is -2.15. The van der Waals surface area contributed by atoms with Gasteiger partial charge in [0.2, 0.25) is 0 Å². The number of nitrogens with one attached hydrogen (secondary N) is 1. The summed E-state index contributed by atoms with van der Waals surface area (Å²) in [6.07, 6.45) is 19.9. The zero-order chi connectivity index (χ0) is 14.2. The van der Waals surface area contributed by atoms with E-state index in [1.165, 1.54) is 89.9 Å². The molecule has 0 fully saturated rings. The van der Waals surface area contributed by atoms with E-state index in [9.17, 15) is 0 Å². The Morgan fingerprint density at radius 3 is 1.47 bits per heavy atom. The smallest absolute Gasteiger partial charge is 0.00640 e. The molecule has 0 aliphatic carbocycles. The van der Waals surface area contributed by atoms with Crippen molar-refractivity contribution in [1.82, 2.24) is 5.32 Å². The monoisotopic (exact) mass is 269 g/mol. The predicted molar refractivity (Wildman–Crippen MR) is 88.8 cm³/mol. The van der Waals surface area contributed by atoms with Crippen LogP contribution >= 0.6 is 0 Å². The Kier molecular flexibility index (Phi) is 16.0. The van der Waals surface area contributed by atoms with E-state index < -0.39 is 0 Å². The molecule has 0 saturated carbocycles. The van der Waals surface area contributed by atoms with Gasteiger partial charge < -0.3 is 5.32 Å². The average molecular weight is 270 g/mol. The molecular formula is C18H39N. The van der Waals surface area contributed by atoms with Gasteiger partial charge in [0.15, 0.2) is 0 Å². The molecule has 19 heavy (non-hydrogen) atoms. The Morgan fingerprint density at radius 1 is 0.579 bits per heavy atom. The first-order valence-electron chi connectivity index (χ1n) is 9.02. The average Bonchev–Trinajstić information content (AvgIpc) is 2.44. The highest BCUT2D eigenvalue weighted by Gasteiger charge is 2.04. The summed E-state index contributed by atoms with van der Waals surface area (Å²) >= 11 is 0. The second kappa shape index (κ2) is 16.0. The Morgan fingerprint density at radius 2 is 1.00 bits per heavy atom. The molecule has 0 aromatic carbocycles. The number of hydrogen-bond donors (Lipinski definition) is 1. The lowest BCUT2D eigenvalue weighted by atomic mass is 10.0. The van der Waals surface area contributed by atoms with Gasteiger partial charge in [0.1, 0.15) is 0 Å². The fourth-order valence-corrected chi connectivity index (χ4v) is 2.76. The van der Waals surface area contributed by atoms with Crippen molar-refractivity contribution in [1.29, 1.82) is 0 Å². The van der Waals surface area contributed by atoms with Gasteiger partial charge in [-0.3, -0.25) is 0 Å². The van der Waals surface area contributed by atoms with Crippen molar-refractivity contribution >= 4 is 0 Å². The van der Waals surface area contributed by atoms with E-state index in [2.05, 4.69) is 26.2 Å². The fraction of sp³-hybridized carbons (Fsp3) is 1.00. The first-order chi connectivity index (χ1) is 9.35. The van der Waals surface area contributed by atoms with Crippen LogP contribution in [0.1, 0.15) is 104 Å². The highest BCUT2D eigenvalue weighted by atomic mass is 14.9. The van der Waals surface area contributed by atoms with Crippen LogP contribution in [0.15, 0.2) is 0 Å². The number of rotatable bonds is 15. The van der Waals surface area contributed by atoms with Crippen molar-refractivity contribution in [2.45, 2.75) is 110 Å². The standard InChI is InChI=1S/C18H39N/c1-4-6-8-9-10-11-12-13-14-15-17-18(19-3)16-7-5-2/h18-19H,4-17H2,1-3H3/t18-/m0/s1. The minimum Gasteiger partial charge on any atom is -0.317 e. The summed E-state index contributed by atoms with van der Waals surface area (Å²) in [6, 6.07) is 0.772. The molecule has 0 spiro atoms. The Balaban J connectivity index is 3.16. The van der Waals surface area contributed by atoms with Gasteiger partial charge in [-0.2, -0.15) is 0 Å². The van der Waals surface area contributed by atoms with E-state index in [0.29, 0.717) is 0 Å². The summed E-state index contributed by atoms with van der Waals surface area (Å²) in [5.41, 5.74) is 0. The maximum Gasteiger partial charge on any atom is 0.00640 e. The maximum atomic E-state index is 3.47. The topological polar surface area (TPSA) is 12.0 Å². The zero-order valence-electron chi connectivity index (χ0n) is 14.0. The molecule has 1 nitrogen and oxygen atoms in total. The summed E-state index contributed by atoms with van der Waals surface area (Å²) in [7, 11) is 2.12. The van der Waals surface area contributed by atoms with Crippen molar-refractivity contribution in [3.63, 3.8) is 0 Å². The highest BCUT2D eigenvalue weighted by molar-refractivity contribution is 4.64. The van der Waals surface area contributed by atoms with E-state index >= 15 is 0 Å². The van der Waals surface area contributed by atoms with Crippen LogP contribution in [0.2, 0.25) is 0 Å². The van der Waals surface area contributed by atoms with Crippen LogP contribution in [0.4, 0.5) is 0 Å². The zero-order valence-corrected chi connectivity index (χ0v) is 14.0.